The molecule has 2 N–H and O–H groups in total. The molecule has 1 aromatic heterocycles. The predicted octanol–water partition coefficient (Wildman–Crippen LogP) is 0.939. The van der Waals surface area contributed by atoms with Gasteiger partial charge in [-0.2, -0.15) is 0 Å². The molecule has 0 aliphatic rings. The Bertz CT molecular complexity index is 411. The van der Waals surface area contributed by atoms with E-state index in [0.717, 1.165) is 0 Å². The zero-order valence-electron chi connectivity index (χ0n) is 10.1. The molecule has 1 amide bonds. The maximum Gasteiger partial charge on any atom is 0.371 e. The standard InChI is InChI=1S/C11H16N2O4/c1-7(2)12-9(14)6-13(3)10-5-4-8(17-10)11(15)16/h4-5,7H,6H2,1-3H3,(H,12,14)(H,15,16). The van der Waals surface area contributed by atoms with E-state index < -0.39 is 5.97 Å². The third-order valence-corrected chi connectivity index (χ3v) is 2.01. The zero-order valence-corrected chi connectivity index (χ0v) is 10.1. The molecule has 0 aliphatic carbocycles. The predicted molar refractivity (Wildman–Crippen MR) is 62.2 cm³/mol. The highest BCUT2D eigenvalue weighted by molar-refractivity contribution is 5.85. The Morgan fingerprint density at radius 2 is 2.12 bits per heavy atom. The van der Waals surface area contributed by atoms with Gasteiger partial charge in [-0.05, 0) is 19.9 Å². The third-order valence-electron chi connectivity index (χ3n) is 2.01. The maximum atomic E-state index is 11.5. The zero-order chi connectivity index (χ0) is 13.0. The van der Waals surface area contributed by atoms with Crippen LogP contribution in [0.2, 0.25) is 0 Å². The van der Waals surface area contributed by atoms with Crippen LogP contribution in [0, 0.1) is 0 Å². The molecule has 0 radical (unpaired) electrons. The number of carbonyl (C=O) groups is 2. The minimum Gasteiger partial charge on any atom is -0.475 e. The second-order valence-corrected chi connectivity index (χ2v) is 4.02. The van der Waals surface area contributed by atoms with Gasteiger partial charge in [-0.25, -0.2) is 4.79 Å². The number of carboxylic acid groups (broad SMARTS) is 1. The highest BCUT2D eigenvalue weighted by Crippen LogP contribution is 2.16. The molecule has 1 aromatic rings. The van der Waals surface area contributed by atoms with E-state index in [0.29, 0.717) is 5.88 Å². The Kier molecular flexibility index (Phi) is 4.14. The second kappa shape index (κ2) is 5.38. The fraction of sp³-hybridized carbons (Fsp3) is 0.455. The van der Waals surface area contributed by atoms with E-state index in [2.05, 4.69) is 5.32 Å². The van der Waals surface area contributed by atoms with Crippen LogP contribution in [-0.2, 0) is 4.79 Å². The van der Waals surface area contributed by atoms with Crippen LogP contribution in [0.25, 0.3) is 0 Å². The lowest BCUT2D eigenvalue weighted by Crippen LogP contribution is -2.38. The van der Waals surface area contributed by atoms with Crippen LogP contribution in [-0.4, -0.2) is 36.6 Å². The number of anilines is 1. The Balaban J connectivity index is 2.60. The quantitative estimate of drug-likeness (QED) is 0.800. The SMILES string of the molecule is CC(C)NC(=O)CN(C)c1ccc(C(=O)O)o1. The van der Waals surface area contributed by atoms with Crippen LogP contribution in [0.1, 0.15) is 24.4 Å². The molecule has 1 heterocycles. The average Bonchev–Trinajstić information content (AvgIpc) is 2.64. The largest absolute Gasteiger partial charge is 0.475 e. The number of rotatable bonds is 5. The molecule has 17 heavy (non-hydrogen) atoms. The molecular formula is C11H16N2O4. The number of aromatic carboxylic acids is 1. The lowest BCUT2D eigenvalue weighted by molar-refractivity contribution is -0.120. The van der Waals surface area contributed by atoms with Gasteiger partial charge in [-0.3, -0.25) is 4.79 Å². The summed E-state index contributed by atoms with van der Waals surface area (Å²) in [7, 11) is 1.66. The van der Waals surface area contributed by atoms with Crippen molar-refractivity contribution in [3.05, 3.63) is 17.9 Å². The van der Waals surface area contributed by atoms with Gasteiger partial charge in [-0.1, -0.05) is 0 Å². The van der Waals surface area contributed by atoms with Gasteiger partial charge in [0.05, 0.1) is 6.54 Å². The number of likely N-dealkylation sites (N-methyl/N-ethyl adjacent to an activating group) is 1. The number of hydrogen-bond donors (Lipinski definition) is 2. The van der Waals surface area contributed by atoms with Crippen molar-refractivity contribution < 1.29 is 19.1 Å². The Labute approximate surface area is 99.2 Å². The van der Waals surface area contributed by atoms with E-state index in [-0.39, 0.29) is 24.3 Å². The van der Waals surface area contributed by atoms with E-state index in [1.54, 1.807) is 11.9 Å². The molecule has 0 bridgehead atoms. The van der Waals surface area contributed by atoms with Crippen LogP contribution < -0.4 is 10.2 Å². The summed E-state index contributed by atoms with van der Waals surface area (Å²) in [4.78, 5) is 23.6. The van der Waals surface area contributed by atoms with Crippen LogP contribution in [0.5, 0.6) is 0 Å². The number of amides is 1. The minimum absolute atomic E-state index is 0.0714. The van der Waals surface area contributed by atoms with Gasteiger partial charge in [0.1, 0.15) is 0 Å². The smallest absolute Gasteiger partial charge is 0.371 e. The van der Waals surface area contributed by atoms with Crippen LogP contribution in [0.15, 0.2) is 16.5 Å². The Morgan fingerprint density at radius 3 is 2.59 bits per heavy atom. The molecule has 0 aromatic carbocycles. The van der Waals surface area contributed by atoms with E-state index >= 15 is 0 Å². The molecule has 0 saturated heterocycles. The highest BCUT2D eigenvalue weighted by Gasteiger charge is 2.14. The first-order valence-corrected chi connectivity index (χ1v) is 5.23. The maximum absolute atomic E-state index is 11.5. The second-order valence-electron chi connectivity index (χ2n) is 4.02. The van der Waals surface area contributed by atoms with Gasteiger partial charge >= 0.3 is 5.97 Å². The first-order valence-electron chi connectivity index (χ1n) is 5.23. The Morgan fingerprint density at radius 1 is 1.47 bits per heavy atom. The van der Waals surface area contributed by atoms with Crippen LogP contribution in [0.4, 0.5) is 5.88 Å². The monoisotopic (exact) mass is 240 g/mol. The summed E-state index contributed by atoms with van der Waals surface area (Å²) in [6.07, 6.45) is 0. The highest BCUT2D eigenvalue weighted by atomic mass is 16.4. The van der Waals surface area contributed by atoms with Crippen molar-refractivity contribution in [2.24, 2.45) is 0 Å². The normalized spacial score (nSPS) is 10.4. The van der Waals surface area contributed by atoms with Crippen molar-refractivity contribution in [2.75, 3.05) is 18.5 Å². The van der Waals surface area contributed by atoms with E-state index in [4.69, 9.17) is 9.52 Å². The summed E-state index contributed by atoms with van der Waals surface area (Å²) in [6.45, 7) is 3.85. The van der Waals surface area contributed by atoms with Gasteiger partial charge in [0, 0.05) is 19.2 Å². The van der Waals surface area contributed by atoms with Crippen molar-refractivity contribution in [3.8, 4) is 0 Å². The summed E-state index contributed by atoms with van der Waals surface area (Å²) in [5, 5.41) is 11.4. The van der Waals surface area contributed by atoms with Crippen molar-refractivity contribution in [1.29, 1.82) is 0 Å². The Hall–Kier alpha value is -1.98. The van der Waals surface area contributed by atoms with Gasteiger partial charge in [-0.15, -0.1) is 0 Å². The number of carbonyl (C=O) groups excluding carboxylic acids is 1. The lowest BCUT2D eigenvalue weighted by atomic mass is 10.4. The molecule has 0 unspecified atom stereocenters. The number of furan rings is 1. The fourth-order valence-corrected chi connectivity index (χ4v) is 1.31. The summed E-state index contributed by atoms with van der Waals surface area (Å²) < 4.78 is 5.06. The van der Waals surface area contributed by atoms with Crippen molar-refractivity contribution in [1.82, 2.24) is 5.32 Å². The molecule has 0 aliphatic heterocycles. The summed E-state index contributed by atoms with van der Waals surface area (Å²) in [5.41, 5.74) is 0. The molecule has 1 rings (SSSR count). The molecular weight excluding hydrogens is 224 g/mol. The van der Waals surface area contributed by atoms with E-state index in [9.17, 15) is 9.59 Å². The topological polar surface area (TPSA) is 82.8 Å². The summed E-state index contributed by atoms with van der Waals surface area (Å²) in [5.74, 6) is -1.07. The number of hydrogen-bond acceptors (Lipinski definition) is 4. The van der Waals surface area contributed by atoms with Crippen molar-refractivity contribution >= 4 is 17.8 Å². The minimum atomic E-state index is -1.13. The molecule has 0 atom stereocenters. The summed E-state index contributed by atoms with van der Waals surface area (Å²) in [6, 6.07) is 2.95. The molecule has 0 fully saturated rings. The number of nitrogens with one attached hydrogen (secondary N) is 1. The third kappa shape index (κ3) is 3.82. The molecule has 6 nitrogen and oxygen atoms in total. The van der Waals surface area contributed by atoms with Crippen molar-refractivity contribution in [3.63, 3.8) is 0 Å². The average molecular weight is 240 g/mol. The van der Waals surface area contributed by atoms with Gasteiger partial charge in [0.15, 0.2) is 5.88 Å². The van der Waals surface area contributed by atoms with Crippen LogP contribution >= 0.6 is 0 Å². The molecule has 0 spiro atoms. The van der Waals surface area contributed by atoms with Crippen molar-refractivity contribution in [2.45, 2.75) is 19.9 Å². The van der Waals surface area contributed by atoms with E-state index in [1.165, 1.54) is 12.1 Å². The number of nitrogens with zero attached hydrogens (tertiary/aromatic N) is 1. The van der Waals surface area contributed by atoms with E-state index in [1.807, 2.05) is 13.8 Å². The first kappa shape index (κ1) is 13.1. The van der Waals surface area contributed by atoms with Gasteiger partial charge in [0.2, 0.25) is 11.7 Å². The molecule has 6 heteroatoms. The fourth-order valence-electron chi connectivity index (χ4n) is 1.31. The molecule has 0 saturated carbocycles. The number of carboxylic acids is 1. The molecule has 94 valence electrons. The first-order chi connectivity index (χ1) is 7.90. The summed E-state index contributed by atoms with van der Waals surface area (Å²) >= 11 is 0. The lowest BCUT2D eigenvalue weighted by Gasteiger charge is -2.16. The van der Waals surface area contributed by atoms with Gasteiger partial charge < -0.3 is 19.7 Å². The van der Waals surface area contributed by atoms with Gasteiger partial charge in [0.25, 0.3) is 0 Å². The van der Waals surface area contributed by atoms with Crippen LogP contribution in [0.3, 0.4) is 0 Å².